The molecule has 0 aliphatic carbocycles. The summed E-state index contributed by atoms with van der Waals surface area (Å²) in [6, 6.07) is 20.7. The van der Waals surface area contributed by atoms with E-state index >= 15 is 0 Å². The van der Waals surface area contributed by atoms with E-state index in [4.69, 9.17) is 0 Å². The van der Waals surface area contributed by atoms with E-state index in [1.165, 1.54) is 12.1 Å². The first-order chi connectivity index (χ1) is 17.0. The average molecular weight is 468 g/mol. The minimum atomic E-state index is -0.496. The van der Waals surface area contributed by atoms with E-state index in [0.717, 1.165) is 11.3 Å². The Kier molecular flexibility index (Phi) is 5.90. The minimum Gasteiger partial charge on any atom is -0.356 e. The summed E-state index contributed by atoms with van der Waals surface area (Å²) < 4.78 is 13.2. The molecule has 4 N–H and O–H groups in total. The van der Waals surface area contributed by atoms with E-state index in [9.17, 15) is 14.0 Å². The maximum Gasteiger partial charge on any atom is 0.255 e. The van der Waals surface area contributed by atoms with Crippen molar-refractivity contribution in [3.8, 4) is 11.3 Å². The van der Waals surface area contributed by atoms with Gasteiger partial charge in [0.2, 0.25) is 5.91 Å². The molecule has 2 aromatic heterocycles. The number of nitrogens with one attached hydrogen (secondary N) is 4. The van der Waals surface area contributed by atoms with Crippen molar-refractivity contribution < 1.29 is 14.0 Å². The van der Waals surface area contributed by atoms with Gasteiger partial charge in [0.15, 0.2) is 0 Å². The van der Waals surface area contributed by atoms with Gasteiger partial charge < -0.3 is 20.9 Å². The van der Waals surface area contributed by atoms with Crippen LogP contribution in [0.1, 0.15) is 34.5 Å². The second-order valence-electron chi connectivity index (χ2n) is 8.26. The lowest BCUT2D eigenvalue weighted by Gasteiger charge is -2.15. The highest BCUT2D eigenvalue weighted by atomic mass is 19.1. The molecule has 0 bridgehead atoms. The van der Waals surface area contributed by atoms with Gasteiger partial charge in [-0.1, -0.05) is 24.3 Å². The van der Waals surface area contributed by atoms with Crippen molar-refractivity contribution in [2.75, 3.05) is 17.2 Å². The highest BCUT2D eigenvalue weighted by molar-refractivity contribution is 6.06. The van der Waals surface area contributed by atoms with Gasteiger partial charge in [0.1, 0.15) is 11.6 Å². The number of hydrogen-bond acceptors (Lipinski definition) is 4. The van der Waals surface area contributed by atoms with Crippen LogP contribution in [-0.2, 0) is 11.2 Å². The Morgan fingerprint density at radius 3 is 2.80 bits per heavy atom. The van der Waals surface area contributed by atoms with E-state index in [1.807, 2.05) is 12.1 Å². The zero-order chi connectivity index (χ0) is 24.4. The Balaban J connectivity index is 1.46. The summed E-state index contributed by atoms with van der Waals surface area (Å²) in [5.41, 5.74) is 4.82. The fraction of sp³-hybridized carbons (Fsp3) is 0.148. The van der Waals surface area contributed by atoms with Gasteiger partial charge in [-0.2, -0.15) is 0 Å². The van der Waals surface area contributed by atoms with Crippen molar-refractivity contribution in [3.05, 3.63) is 95.6 Å². The molecule has 8 heteroatoms. The van der Waals surface area contributed by atoms with Gasteiger partial charge >= 0.3 is 0 Å². The number of aromatic amines is 1. The first-order valence-corrected chi connectivity index (χ1v) is 11.2. The van der Waals surface area contributed by atoms with Crippen molar-refractivity contribution in [2.24, 2.45) is 0 Å². The number of pyridine rings is 1. The molecule has 2 aromatic carbocycles. The molecular formula is C27H22FN5O2. The summed E-state index contributed by atoms with van der Waals surface area (Å²) in [6.07, 6.45) is 2.27. The van der Waals surface area contributed by atoms with Gasteiger partial charge in [-0.05, 0) is 55.0 Å². The zero-order valence-corrected chi connectivity index (χ0v) is 18.9. The Labute approximate surface area is 201 Å². The number of carbonyl (C=O) groups excluding carboxylic acids is 2. The van der Waals surface area contributed by atoms with Crippen LogP contribution in [0.2, 0.25) is 0 Å². The van der Waals surface area contributed by atoms with Crippen LogP contribution in [0, 0.1) is 17.9 Å². The average Bonchev–Trinajstić information content (AvgIpc) is 3.24. The molecule has 1 aliphatic heterocycles. The first kappa shape index (κ1) is 22.2. The van der Waals surface area contributed by atoms with Gasteiger partial charge in [-0.25, -0.2) is 9.37 Å². The molecular weight excluding hydrogens is 445 g/mol. The lowest BCUT2D eigenvalue weighted by atomic mass is 10.0. The second-order valence-corrected chi connectivity index (χ2v) is 8.26. The smallest absolute Gasteiger partial charge is 0.255 e. The fourth-order valence-corrected chi connectivity index (χ4v) is 4.07. The molecule has 0 fully saturated rings. The van der Waals surface area contributed by atoms with Crippen LogP contribution >= 0.6 is 0 Å². The van der Waals surface area contributed by atoms with Gasteiger partial charge in [0.25, 0.3) is 5.91 Å². The summed E-state index contributed by atoms with van der Waals surface area (Å²) >= 11 is 0. The van der Waals surface area contributed by atoms with Crippen LogP contribution in [0.4, 0.5) is 21.6 Å². The number of aromatic nitrogens is 2. The number of rotatable bonds is 6. The van der Waals surface area contributed by atoms with Crippen molar-refractivity contribution in [3.63, 3.8) is 0 Å². The molecule has 1 aliphatic rings. The van der Waals surface area contributed by atoms with Crippen LogP contribution < -0.4 is 16.0 Å². The number of hydrogen-bond donors (Lipinski definition) is 4. The molecule has 5 rings (SSSR count). The third kappa shape index (κ3) is 4.57. The van der Waals surface area contributed by atoms with Crippen LogP contribution in [0.15, 0.2) is 60.8 Å². The summed E-state index contributed by atoms with van der Waals surface area (Å²) in [7, 11) is 0. The van der Waals surface area contributed by atoms with Crippen LogP contribution in [0.5, 0.6) is 0 Å². The van der Waals surface area contributed by atoms with Crippen LogP contribution in [0.3, 0.4) is 0 Å². The quantitative estimate of drug-likeness (QED) is 0.333. The predicted molar refractivity (Wildman–Crippen MR) is 131 cm³/mol. The number of H-pyrrole nitrogens is 1. The third-order valence-electron chi connectivity index (χ3n) is 5.94. The second kappa shape index (κ2) is 9.31. The summed E-state index contributed by atoms with van der Waals surface area (Å²) in [5.74, 6) is -0.909. The minimum absolute atomic E-state index is 0.160. The van der Waals surface area contributed by atoms with Gasteiger partial charge in [0.05, 0.1) is 28.6 Å². The molecule has 4 aromatic rings. The Hall–Kier alpha value is -4.64. The monoisotopic (exact) mass is 467 g/mol. The molecule has 35 heavy (non-hydrogen) atoms. The molecule has 1 unspecified atom stereocenters. The first-order valence-electron chi connectivity index (χ1n) is 11.2. The summed E-state index contributed by atoms with van der Waals surface area (Å²) in [4.78, 5) is 33.2. The molecule has 0 radical (unpaired) electrons. The number of benzene rings is 1. The highest BCUT2D eigenvalue weighted by Crippen LogP contribution is 2.37. The normalized spacial score (nSPS) is 13.3. The summed E-state index contributed by atoms with van der Waals surface area (Å²) in [6.45, 7) is 2.30. The maximum absolute atomic E-state index is 13.2. The number of fused-ring (bicyclic) bond motifs is 1. The number of anilines is 3. The molecule has 2 amide bonds. The molecule has 7 nitrogen and oxygen atoms in total. The number of halogens is 1. The molecule has 0 saturated heterocycles. The van der Waals surface area contributed by atoms with Crippen LogP contribution in [0.25, 0.3) is 11.3 Å². The number of nitrogens with zero attached hydrogens (tertiary/aromatic N) is 1. The maximum atomic E-state index is 13.2. The summed E-state index contributed by atoms with van der Waals surface area (Å²) in [5, 5.41) is 9.02. The molecule has 3 heterocycles. The van der Waals surface area contributed by atoms with E-state index in [-0.39, 0.29) is 17.6 Å². The van der Waals surface area contributed by atoms with Crippen molar-refractivity contribution >= 4 is 29.0 Å². The Morgan fingerprint density at radius 2 is 2.03 bits per heavy atom. The van der Waals surface area contributed by atoms with Crippen LogP contribution in [-0.4, -0.2) is 28.3 Å². The van der Waals surface area contributed by atoms with Gasteiger partial charge in [-0.3, -0.25) is 9.59 Å². The molecule has 0 saturated carbocycles. The van der Waals surface area contributed by atoms with Gasteiger partial charge in [0, 0.05) is 30.4 Å². The Morgan fingerprint density at radius 1 is 1.20 bits per heavy atom. The van der Waals surface area contributed by atoms with Gasteiger partial charge in [-0.15, -0.1) is 0 Å². The van der Waals surface area contributed by atoms with E-state index < -0.39 is 5.92 Å². The Bertz CT molecular complexity index is 1380. The zero-order valence-electron chi connectivity index (χ0n) is 18.9. The lowest BCUT2D eigenvalue weighted by molar-refractivity contribution is -0.117. The van der Waals surface area contributed by atoms with E-state index in [1.54, 1.807) is 43.5 Å². The largest absolute Gasteiger partial charge is 0.356 e. The molecule has 1 atom stereocenters. The molecule has 174 valence electrons. The molecule has 0 spiro atoms. The SMILES string of the molecule is CC(C(=O)Nc1cc(-c2[nH]c3c(c2Nc2c#cccc2)C(=O)NCC3)ccn1)c1ccc(F)cc1. The number of amides is 2. The van der Waals surface area contributed by atoms with Crippen molar-refractivity contribution in [2.45, 2.75) is 19.3 Å². The predicted octanol–water partition coefficient (Wildman–Crippen LogP) is 4.59. The van der Waals surface area contributed by atoms with E-state index in [2.05, 4.69) is 38.1 Å². The standard InChI is InChI=1S/C27H22FN5O2/c1-16(17-7-9-19(28)10-8-17)26(34)33-22-15-18(11-13-29-22)24-25(31-20-5-3-2-4-6-20)23-21(32-24)12-14-30-27(23)35/h2-3,5,7-11,13,15-16,31-32H,12,14H2,1H3,(H,30,35)(H,29,33,34). The van der Waals surface area contributed by atoms with E-state index in [0.29, 0.717) is 47.0 Å². The van der Waals surface area contributed by atoms with Crippen molar-refractivity contribution in [1.29, 1.82) is 0 Å². The highest BCUT2D eigenvalue weighted by Gasteiger charge is 2.27. The number of carbonyl (C=O) groups is 2. The lowest BCUT2D eigenvalue weighted by Crippen LogP contribution is -2.31. The topological polar surface area (TPSA) is 98.9 Å². The fourth-order valence-electron chi connectivity index (χ4n) is 4.07. The van der Waals surface area contributed by atoms with Crippen molar-refractivity contribution in [1.82, 2.24) is 15.3 Å². The third-order valence-corrected chi connectivity index (χ3v) is 5.94.